The molecule has 0 radical (unpaired) electrons. The zero-order valence-electron chi connectivity index (χ0n) is 16.3. The van der Waals surface area contributed by atoms with Gasteiger partial charge in [0, 0.05) is 24.1 Å². The third-order valence-corrected chi connectivity index (χ3v) is 5.50. The maximum Gasteiger partial charge on any atom is 0.229 e. The summed E-state index contributed by atoms with van der Waals surface area (Å²) in [5.74, 6) is 0.231. The predicted octanol–water partition coefficient (Wildman–Crippen LogP) is -0.686. The lowest BCUT2D eigenvalue weighted by Gasteiger charge is -2.39. The molecular formula is C21H24O10. The van der Waals surface area contributed by atoms with E-state index in [2.05, 4.69) is 0 Å². The molecule has 2 aliphatic rings. The summed E-state index contributed by atoms with van der Waals surface area (Å²) in [6.45, 7) is -0.562. The molecule has 7 atom stereocenters. The number of hydrogen-bond acceptors (Lipinski definition) is 10. The molecule has 2 unspecified atom stereocenters. The maximum atomic E-state index is 10.5. The number of aromatic hydroxyl groups is 2. The molecule has 1 saturated heterocycles. The maximum absolute atomic E-state index is 10.5. The van der Waals surface area contributed by atoms with Crippen LogP contribution in [0.3, 0.4) is 0 Å². The summed E-state index contributed by atoms with van der Waals surface area (Å²) in [5, 5.41) is 69.1. The fourth-order valence-corrected chi connectivity index (χ4v) is 3.78. The molecule has 2 aliphatic heterocycles. The summed E-state index contributed by atoms with van der Waals surface area (Å²) in [6, 6.07) is 8.89. The summed E-state index contributed by atoms with van der Waals surface area (Å²) >= 11 is 0. The molecule has 1 fully saturated rings. The lowest BCUT2D eigenvalue weighted by Crippen LogP contribution is -2.60. The van der Waals surface area contributed by atoms with Crippen molar-refractivity contribution in [1.29, 1.82) is 0 Å². The van der Waals surface area contributed by atoms with Crippen molar-refractivity contribution in [2.24, 2.45) is 0 Å². The molecule has 10 nitrogen and oxygen atoms in total. The first-order chi connectivity index (χ1) is 14.8. The van der Waals surface area contributed by atoms with Crippen LogP contribution in [0.5, 0.6) is 23.0 Å². The van der Waals surface area contributed by atoms with E-state index >= 15 is 0 Å². The quantitative estimate of drug-likeness (QED) is 0.326. The normalized spacial score (nSPS) is 32.7. The molecule has 10 heteroatoms. The molecule has 7 N–H and O–H groups in total. The molecule has 0 bridgehead atoms. The van der Waals surface area contributed by atoms with Gasteiger partial charge in [0.05, 0.1) is 12.7 Å². The second kappa shape index (κ2) is 8.50. The van der Waals surface area contributed by atoms with Crippen LogP contribution in [0.4, 0.5) is 0 Å². The highest BCUT2D eigenvalue weighted by atomic mass is 16.7. The van der Waals surface area contributed by atoms with E-state index in [0.717, 1.165) is 0 Å². The van der Waals surface area contributed by atoms with Gasteiger partial charge in [-0.05, 0) is 17.7 Å². The fourth-order valence-electron chi connectivity index (χ4n) is 3.78. The van der Waals surface area contributed by atoms with E-state index in [4.69, 9.17) is 14.2 Å². The Hall–Kier alpha value is -2.60. The SMILES string of the molecule is OC[C@H]1O[C@@H](Oc2ccc([C@H]3Oc4cc(O)cc(O)c4C[C@@H]3O)cc2)C(O)C(O)[C@@H]1O. The van der Waals surface area contributed by atoms with Crippen molar-refractivity contribution < 1.29 is 50.0 Å². The van der Waals surface area contributed by atoms with E-state index in [9.17, 15) is 35.7 Å². The monoisotopic (exact) mass is 436 g/mol. The fraction of sp³-hybridized carbons (Fsp3) is 0.429. The van der Waals surface area contributed by atoms with Gasteiger partial charge in [0.25, 0.3) is 0 Å². The number of phenols is 2. The predicted molar refractivity (Wildman–Crippen MR) is 104 cm³/mol. The van der Waals surface area contributed by atoms with E-state index in [1.165, 1.54) is 12.1 Å². The summed E-state index contributed by atoms with van der Waals surface area (Å²) in [4.78, 5) is 0. The Bertz CT molecular complexity index is 915. The van der Waals surface area contributed by atoms with Crippen molar-refractivity contribution in [2.45, 2.75) is 49.3 Å². The van der Waals surface area contributed by atoms with Crippen molar-refractivity contribution in [3.63, 3.8) is 0 Å². The van der Waals surface area contributed by atoms with E-state index in [1.54, 1.807) is 24.3 Å². The van der Waals surface area contributed by atoms with Crippen LogP contribution >= 0.6 is 0 Å². The Balaban J connectivity index is 1.48. The molecule has 168 valence electrons. The standard InChI is InChI=1S/C21H24O10/c22-8-16-17(26)18(27)19(28)21(31-16)29-11-3-1-9(2-4-11)20-14(25)7-12-13(24)5-10(23)6-15(12)30-20/h1-6,14,16-28H,7-8H2/t14-,16+,17+,18?,19?,20+,21+/m0/s1. The van der Waals surface area contributed by atoms with Gasteiger partial charge >= 0.3 is 0 Å². The third kappa shape index (κ3) is 4.13. The van der Waals surface area contributed by atoms with Crippen molar-refractivity contribution >= 4 is 0 Å². The van der Waals surface area contributed by atoms with Crippen molar-refractivity contribution in [1.82, 2.24) is 0 Å². The van der Waals surface area contributed by atoms with Crippen LogP contribution in [0.2, 0.25) is 0 Å². The average Bonchev–Trinajstić information content (AvgIpc) is 2.75. The van der Waals surface area contributed by atoms with Gasteiger partial charge in [-0.3, -0.25) is 0 Å². The number of hydrogen-bond donors (Lipinski definition) is 7. The number of aliphatic hydroxyl groups is 5. The summed E-state index contributed by atoms with van der Waals surface area (Å²) in [5.41, 5.74) is 1.01. The average molecular weight is 436 g/mol. The second-order valence-corrected chi connectivity index (χ2v) is 7.64. The van der Waals surface area contributed by atoms with Gasteiger partial charge in [0.15, 0.2) is 0 Å². The van der Waals surface area contributed by atoms with Crippen LogP contribution in [0.15, 0.2) is 36.4 Å². The van der Waals surface area contributed by atoms with Gasteiger partial charge in [0.2, 0.25) is 6.29 Å². The molecule has 4 rings (SSSR count). The molecule has 0 aliphatic carbocycles. The summed E-state index contributed by atoms with van der Waals surface area (Å²) in [7, 11) is 0. The number of benzene rings is 2. The Morgan fingerprint density at radius 2 is 1.65 bits per heavy atom. The molecule has 0 saturated carbocycles. The Kier molecular flexibility index (Phi) is 5.93. The van der Waals surface area contributed by atoms with E-state index in [-0.39, 0.29) is 29.4 Å². The Morgan fingerprint density at radius 3 is 2.32 bits per heavy atom. The highest BCUT2D eigenvalue weighted by Crippen LogP contribution is 2.42. The zero-order valence-corrected chi connectivity index (χ0v) is 16.3. The van der Waals surface area contributed by atoms with Gasteiger partial charge in [-0.2, -0.15) is 0 Å². The molecule has 0 aromatic heterocycles. The highest BCUT2D eigenvalue weighted by Gasteiger charge is 2.44. The van der Waals surface area contributed by atoms with Gasteiger partial charge in [-0.15, -0.1) is 0 Å². The number of ether oxygens (including phenoxy) is 3. The molecule has 2 aromatic rings. The molecule has 2 heterocycles. The lowest BCUT2D eigenvalue weighted by atomic mass is 9.94. The van der Waals surface area contributed by atoms with Crippen molar-refractivity contribution in [2.75, 3.05) is 6.61 Å². The van der Waals surface area contributed by atoms with Gasteiger partial charge < -0.3 is 50.0 Å². The Labute approximate surface area is 177 Å². The van der Waals surface area contributed by atoms with Crippen LogP contribution < -0.4 is 9.47 Å². The van der Waals surface area contributed by atoms with E-state index in [1.807, 2.05) is 0 Å². The van der Waals surface area contributed by atoms with Crippen molar-refractivity contribution in [3.8, 4) is 23.0 Å². The third-order valence-electron chi connectivity index (χ3n) is 5.50. The molecule has 2 aromatic carbocycles. The summed E-state index contributed by atoms with van der Waals surface area (Å²) < 4.78 is 16.7. The molecular weight excluding hydrogens is 412 g/mol. The highest BCUT2D eigenvalue weighted by molar-refractivity contribution is 5.51. The minimum absolute atomic E-state index is 0.134. The van der Waals surface area contributed by atoms with Crippen LogP contribution in [-0.2, 0) is 11.2 Å². The molecule has 0 spiro atoms. The first kappa shape index (κ1) is 21.6. The first-order valence-electron chi connectivity index (χ1n) is 9.75. The lowest BCUT2D eigenvalue weighted by molar-refractivity contribution is -0.277. The minimum Gasteiger partial charge on any atom is -0.508 e. The molecule has 31 heavy (non-hydrogen) atoms. The van der Waals surface area contributed by atoms with E-state index < -0.39 is 49.5 Å². The van der Waals surface area contributed by atoms with Crippen LogP contribution in [0, 0.1) is 0 Å². The second-order valence-electron chi connectivity index (χ2n) is 7.64. The number of phenolic OH excluding ortho intramolecular Hbond substituents is 2. The largest absolute Gasteiger partial charge is 0.508 e. The minimum atomic E-state index is -1.55. The number of rotatable bonds is 4. The summed E-state index contributed by atoms with van der Waals surface area (Å²) in [6.07, 6.45) is -8.51. The van der Waals surface area contributed by atoms with Crippen LogP contribution in [-0.4, -0.2) is 79.2 Å². The van der Waals surface area contributed by atoms with Gasteiger partial charge in [0.1, 0.15) is 53.5 Å². The topological polar surface area (TPSA) is 169 Å². The van der Waals surface area contributed by atoms with Gasteiger partial charge in [-0.25, -0.2) is 0 Å². The molecule has 0 amide bonds. The van der Waals surface area contributed by atoms with Crippen LogP contribution in [0.25, 0.3) is 0 Å². The van der Waals surface area contributed by atoms with Crippen molar-refractivity contribution in [3.05, 3.63) is 47.5 Å². The zero-order chi connectivity index (χ0) is 22.3. The smallest absolute Gasteiger partial charge is 0.229 e. The number of fused-ring (bicyclic) bond motifs is 1. The number of aliphatic hydroxyl groups excluding tert-OH is 5. The van der Waals surface area contributed by atoms with E-state index in [0.29, 0.717) is 11.1 Å². The van der Waals surface area contributed by atoms with Gasteiger partial charge in [-0.1, -0.05) is 12.1 Å². The Morgan fingerprint density at radius 1 is 0.935 bits per heavy atom. The van der Waals surface area contributed by atoms with Crippen LogP contribution in [0.1, 0.15) is 17.2 Å². The first-order valence-corrected chi connectivity index (χ1v) is 9.75.